The largest absolute Gasteiger partial charge is 0.339 e. The van der Waals surface area contributed by atoms with E-state index >= 15 is 0 Å². The Hall–Kier alpha value is -2.98. The van der Waals surface area contributed by atoms with E-state index in [0.717, 1.165) is 17.1 Å². The third-order valence-corrected chi connectivity index (χ3v) is 7.47. The van der Waals surface area contributed by atoms with Gasteiger partial charge in [0.1, 0.15) is 5.69 Å². The molecule has 1 aliphatic heterocycles. The highest BCUT2D eigenvalue weighted by atomic mass is 32.2. The number of likely N-dealkylation sites (tertiary alicyclic amines) is 1. The lowest BCUT2D eigenvalue weighted by Crippen LogP contribution is -2.38. The van der Waals surface area contributed by atoms with Gasteiger partial charge in [0.25, 0.3) is 17.4 Å². The summed E-state index contributed by atoms with van der Waals surface area (Å²) in [6.45, 7) is 3.48. The van der Waals surface area contributed by atoms with E-state index in [2.05, 4.69) is 12.2 Å². The zero-order chi connectivity index (χ0) is 23.6. The lowest BCUT2D eigenvalue weighted by atomic mass is 9.99. The number of aromatic nitrogens is 1. The van der Waals surface area contributed by atoms with E-state index in [1.807, 2.05) is 0 Å². The van der Waals surface area contributed by atoms with Gasteiger partial charge in [0.15, 0.2) is 0 Å². The minimum atomic E-state index is -3.61. The van der Waals surface area contributed by atoms with Gasteiger partial charge in [-0.1, -0.05) is 6.92 Å². The van der Waals surface area contributed by atoms with Gasteiger partial charge in [-0.3, -0.25) is 14.4 Å². The Morgan fingerprint density at radius 2 is 1.66 bits per heavy atom. The summed E-state index contributed by atoms with van der Waals surface area (Å²) in [6, 6.07) is 6.81. The molecule has 1 N–H and O–H groups in total. The van der Waals surface area contributed by atoms with Crippen molar-refractivity contribution in [1.29, 1.82) is 0 Å². The number of amides is 2. The Morgan fingerprint density at radius 1 is 1.06 bits per heavy atom. The van der Waals surface area contributed by atoms with Crippen molar-refractivity contribution in [3.05, 3.63) is 58.0 Å². The Labute approximate surface area is 187 Å². The molecule has 0 unspecified atom stereocenters. The SMILES string of the molecule is CC1CCN(C(=O)c2cc(NC(=O)c3ccc(S(=O)(=O)N(C)C)cc3)c(=O)n(C)c2)CC1. The van der Waals surface area contributed by atoms with Gasteiger partial charge in [0.05, 0.1) is 10.5 Å². The number of pyridine rings is 1. The monoisotopic (exact) mass is 460 g/mol. The van der Waals surface area contributed by atoms with Gasteiger partial charge >= 0.3 is 0 Å². The second-order valence-corrected chi connectivity index (χ2v) is 10.5. The molecule has 2 heterocycles. The van der Waals surface area contributed by atoms with E-state index in [4.69, 9.17) is 0 Å². The minimum absolute atomic E-state index is 0.0151. The van der Waals surface area contributed by atoms with Gasteiger partial charge in [-0.05, 0) is 49.1 Å². The van der Waals surface area contributed by atoms with Crippen molar-refractivity contribution in [2.24, 2.45) is 13.0 Å². The van der Waals surface area contributed by atoms with Crippen LogP contribution in [0, 0.1) is 5.92 Å². The first kappa shape index (κ1) is 23.7. The molecule has 10 heteroatoms. The first-order valence-electron chi connectivity index (χ1n) is 10.3. The Kier molecular flexibility index (Phi) is 6.85. The molecule has 2 amide bonds. The van der Waals surface area contributed by atoms with Crippen LogP contribution >= 0.6 is 0 Å². The average molecular weight is 461 g/mol. The molecule has 0 bridgehead atoms. The van der Waals surface area contributed by atoms with E-state index in [0.29, 0.717) is 24.6 Å². The van der Waals surface area contributed by atoms with Crippen LogP contribution in [0.2, 0.25) is 0 Å². The third-order valence-electron chi connectivity index (χ3n) is 5.64. The van der Waals surface area contributed by atoms with Crippen LogP contribution in [0.4, 0.5) is 5.69 Å². The number of hydrogen-bond acceptors (Lipinski definition) is 5. The molecule has 3 rings (SSSR count). The lowest BCUT2D eigenvalue weighted by Gasteiger charge is -2.30. The van der Waals surface area contributed by atoms with Crippen molar-refractivity contribution < 1.29 is 18.0 Å². The molecule has 0 saturated carbocycles. The summed E-state index contributed by atoms with van der Waals surface area (Å²) in [4.78, 5) is 39.9. The molecule has 0 spiro atoms. The number of carbonyl (C=O) groups is 2. The zero-order valence-electron chi connectivity index (χ0n) is 18.7. The number of aryl methyl sites for hydroxylation is 1. The molecule has 1 aromatic carbocycles. The van der Waals surface area contributed by atoms with Gasteiger partial charge in [0.2, 0.25) is 10.0 Å². The fourth-order valence-corrected chi connectivity index (χ4v) is 4.40. The topological polar surface area (TPSA) is 109 Å². The van der Waals surface area contributed by atoms with Crippen LogP contribution in [0.25, 0.3) is 0 Å². The van der Waals surface area contributed by atoms with Crippen molar-refractivity contribution in [2.75, 3.05) is 32.5 Å². The number of benzene rings is 1. The van der Waals surface area contributed by atoms with E-state index in [1.54, 1.807) is 4.90 Å². The second-order valence-electron chi connectivity index (χ2n) is 8.30. The summed E-state index contributed by atoms with van der Waals surface area (Å²) < 4.78 is 26.7. The van der Waals surface area contributed by atoms with Crippen molar-refractivity contribution >= 4 is 27.5 Å². The quantitative estimate of drug-likeness (QED) is 0.731. The maximum atomic E-state index is 12.9. The summed E-state index contributed by atoms with van der Waals surface area (Å²) in [5, 5.41) is 2.55. The van der Waals surface area contributed by atoms with E-state index in [1.165, 1.54) is 62.2 Å². The highest BCUT2D eigenvalue weighted by Crippen LogP contribution is 2.19. The van der Waals surface area contributed by atoms with Gasteiger partial charge in [0, 0.05) is 46.0 Å². The van der Waals surface area contributed by atoms with Crippen molar-refractivity contribution in [3.8, 4) is 0 Å². The lowest BCUT2D eigenvalue weighted by molar-refractivity contribution is 0.0696. The average Bonchev–Trinajstić information content (AvgIpc) is 2.76. The predicted molar refractivity (Wildman–Crippen MR) is 121 cm³/mol. The van der Waals surface area contributed by atoms with Gasteiger partial charge in [-0.15, -0.1) is 0 Å². The molecule has 0 aliphatic carbocycles. The molecule has 1 aromatic heterocycles. The molecule has 1 saturated heterocycles. The molecule has 172 valence electrons. The first-order valence-corrected chi connectivity index (χ1v) is 11.8. The smallest absolute Gasteiger partial charge is 0.274 e. The summed E-state index contributed by atoms with van der Waals surface area (Å²) in [5.74, 6) is -0.179. The van der Waals surface area contributed by atoms with Gasteiger partial charge < -0.3 is 14.8 Å². The molecular formula is C22H28N4O5S. The van der Waals surface area contributed by atoms with Crippen LogP contribution in [-0.4, -0.2) is 61.2 Å². The molecule has 1 fully saturated rings. The Bertz CT molecular complexity index is 1180. The highest BCUT2D eigenvalue weighted by Gasteiger charge is 2.23. The zero-order valence-corrected chi connectivity index (χ0v) is 19.5. The fourth-order valence-electron chi connectivity index (χ4n) is 3.50. The van der Waals surface area contributed by atoms with Crippen LogP contribution in [-0.2, 0) is 17.1 Å². The molecule has 32 heavy (non-hydrogen) atoms. The molecular weight excluding hydrogens is 432 g/mol. The van der Waals surface area contributed by atoms with E-state index in [9.17, 15) is 22.8 Å². The minimum Gasteiger partial charge on any atom is -0.339 e. The van der Waals surface area contributed by atoms with Crippen LogP contribution in [0.3, 0.4) is 0 Å². The van der Waals surface area contributed by atoms with Crippen molar-refractivity contribution in [2.45, 2.75) is 24.7 Å². The fraction of sp³-hybridized carbons (Fsp3) is 0.409. The maximum absolute atomic E-state index is 12.9. The van der Waals surface area contributed by atoms with Gasteiger partial charge in [-0.2, -0.15) is 0 Å². The number of hydrogen-bond donors (Lipinski definition) is 1. The third kappa shape index (κ3) is 4.91. The van der Waals surface area contributed by atoms with Crippen LogP contribution in [0.1, 0.15) is 40.5 Å². The van der Waals surface area contributed by atoms with Gasteiger partial charge in [-0.25, -0.2) is 12.7 Å². The number of nitrogens with one attached hydrogen (secondary N) is 1. The predicted octanol–water partition coefficient (Wildman–Crippen LogP) is 1.76. The molecule has 9 nitrogen and oxygen atoms in total. The van der Waals surface area contributed by atoms with Crippen LogP contribution < -0.4 is 10.9 Å². The summed E-state index contributed by atoms with van der Waals surface area (Å²) in [6.07, 6.45) is 3.33. The number of anilines is 1. The number of piperidine rings is 1. The molecule has 0 radical (unpaired) electrons. The summed E-state index contributed by atoms with van der Waals surface area (Å²) >= 11 is 0. The molecule has 2 aromatic rings. The maximum Gasteiger partial charge on any atom is 0.274 e. The number of rotatable bonds is 5. The van der Waals surface area contributed by atoms with E-state index < -0.39 is 21.5 Å². The molecule has 1 aliphatic rings. The van der Waals surface area contributed by atoms with Crippen LogP contribution in [0.15, 0.2) is 46.2 Å². The number of carbonyl (C=O) groups excluding carboxylic acids is 2. The summed E-state index contributed by atoms with van der Waals surface area (Å²) in [7, 11) is 0.750. The standard InChI is InChI=1S/C22H28N4O5S/c1-15-9-11-26(12-10-15)21(28)17-13-19(22(29)25(4)14-17)23-20(27)16-5-7-18(8-6-16)32(30,31)24(2)3/h5-8,13-15H,9-12H2,1-4H3,(H,23,27). The highest BCUT2D eigenvalue weighted by molar-refractivity contribution is 7.89. The number of sulfonamides is 1. The van der Waals surface area contributed by atoms with Crippen LogP contribution in [0.5, 0.6) is 0 Å². The second kappa shape index (κ2) is 9.25. The molecule has 0 atom stereocenters. The van der Waals surface area contributed by atoms with E-state index in [-0.39, 0.29) is 22.1 Å². The van der Waals surface area contributed by atoms with Crippen molar-refractivity contribution in [3.63, 3.8) is 0 Å². The Balaban J connectivity index is 1.82. The first-order chi connectivity index (χ1) is 15.0. The summed E-state index contributed by atoms with van der Waals surface area (Å²) in [5.41, 5.74) is 0.0450. The normalized spacial score (nSPS) is 15.1. The Morgan fingerprint density at radius 3 is 2.22 bits per heavy atom. The van der Waals surface area contributed by atoms with Crippen molar-refractivity contribution in [1.82, 2.24) is 13.8 Å². The number of nitrogens with zero attached hydrogens (tertiary/aromatic N) is 3.